The van der Waals surface area contributed by atoms with E-state index in [0.29, 0.717) is 11.4 Å². The number of nitrogens with one attached hydrogen (secondary N) is 2. The van der Waals surface area contributed by atoms with E-state index in [0.717, 1.165) is 4.47 Å². The van der Waals surface area contributed by atoms with Crippen LogP contribution in [0.25, 0.3) is 0 Å². The number of carbonyl (C=O) groups is 2. The molecule has 0 bridgehead atoms. The van der Waals surface area contributed by atoms with Crippen LogP contribution in [0.15, 0.2) is 53.0 Å². The fourth-order valence-corrected chi connectivity index (χ4v) is 1.89. The largest absolute Gasteiger partial charge is 0.326 e. The van der Waals surface area contributed by atoms with Crippen LogP contribution < -0.4 is 10.6 Å². The number of carbonyl (C=O) groups excluding carboxylic acids is 2. The molecule has 2 amide bonds. The van der Waals surface area contributed by atoms with Crippen molar-refractivity contribution in [3.63, 3.8) is 0 Å². The second-order valence-corrected chi connectivity index (χ2v) is 5.20. The Balaban J connectivity index is 1.85. The Bertz CT molecular complexity index is 584. The lowest BCUT2D eigenvalue weighted by Crippen LogP contribution is -2.21. The van der Waals surface area contributed by atoms with E-state index in [4.69, 9.17) is 0 Å². The smallest absolute Gasteiger partial charge is 0.233 e. The summed E-state index contributed by atoms with van der Waals surface area (Å²) < 4.78 is 13.6. The molecule has 0 saturated carbocycles. The van der Waals surface area contributed by atoms with Crippen molar-refractivity contribution in [2.24, 2.45) is 0 Å². The molecule has 4 nitrogen and oxygen atoms in total. The molecule has 2 aromatic rings. The van der Waals surface area contributed by atoms with Gasteiger partial charge in [0.25, 0.3) is 0 Å². The van der Waals surface area contributed by atoms with Crippen molar-refractivity contribution in [1.82, 2.24) is 0 Å². The SMILES string of the molecule is O=C(CC(=O)Nc1ccc(Br)cc1)Nc1ccc(F)cc1. The Morgan fingerprint density at radius 1 is 0.857 bits per heavy atom. The van der Waals surface area contributed by atoms with Crippen LogP contribution in [0.2, 0.25) is 0 Å². The van der Waals surface area contributed by atoms with Gasteiger partial charge in [0.15, 0.2) is 0 Å². The van der Waals surface area contributed by atoms with Gasteiger partial charge in [-0.3, -0.25) is 9.59 Å². The fourth-order valence-electron chi connectivity index (χ4n) is 1.62. The van der Waals surface area contributed by atoms with Crippen LogP contribution in [-0.2, 0) is 9.59 Å². The minimum atomic E-state index is -0.462. The molecule has 6 heteroatoms. The molecule has 0 saturated heterocycles. The first kappa shape index (κ1) is 15.2. The third-order valence-corrected chi connectivity index (χ3v) is 3.11. The third kappa shape index (κ3) is 5.00. The molecule has 0 unspecified atom stereocenters. The summed E-state index contributed by atoms with van der Waals surface area (Å²) in [5, 5.41) is 5.14. The highest BCUT2D eigenvalue weighted by atomic mass is 79.9. The van der Waals surface area contributed by atoms with E-state index in [1.165, 1.54) is 24.3 Å². The number of anilines is 2. The minimum absolute atomic E-state index is 0.312. The first-order valence-electron chi connectivity index (χ1n) is 6.14. The molecule has 0 aromatic heterocycles. The van der Waals surface area contributed by atoms with Gasteiger partial charge in [-0.2, -0.15) is 0 Å². The molecule has 2 N–H and O–H groups in total. The topological polar surface area (TPSA) is 58.2 Å². The van der Waals surface area contributed by atoms with Crippen molar-refractivity contribution in [1.29, 1.82) is 0 Å². The average molecular weight is 351 g/mol. The van der Waals surface area contributed by atoms with Crippen LogP contribution in [-0.4, -0.2) is 11.8 Å². The van der Waals surface area contributed by atoms with Crippen molar-refractivity contribution in [2.45, 2.75) is 6.42 Å². The summed E-state index contributed by atoms with van der Waals surface area (Å²) in [4.78, 5) is 23.4. The van der Waals surface area contributed by atoms with E-state index in [1.807, 2.05) is 0 Å². The lowest BCUT2D eigenvalue weighted by molar-refractivity contribution is -0.123. The fraction of sp³-hybridized carbons (Fsp3) is 0.0667. The number of amides is 2. The molecule has 2 rings (SSSR count). The predicted molar refractivity (Wildman–Crippen MR) is 82.4 cm³/mol. The zero-order valence-corrected chi connectivity index (χ0v) is 12.5. The maximum Gasteiger partial charge on any atom is 0.233 e. The van der Waals surface area contributed by atoms with Crippen LogP contribution in [0.4, 0.5) is 15.8 Å². The summed E-state index contributed by atoms with van der Waals surface area (Å²) in [6.07, 6.45) is -0.312. The normalized spacial score (nSPS) is 10.0. The average Bonchev–Trinajstić information content (AvgIpc) is 2.44. The molecule has 0 fully saturated rings. The van der Waals surface area contributed by atoms with Crippen LogP contribution in [0.1, 0.15) is 6.42 Å². The summed E-state index contributed by atoms with van der Waals surface area (Å²) in [5.41, 5.74) is 1.05. The summed E-state index contributed by atoms with van der Waals surface area (Å²) in [7, 11) is 0. The monoisotopic (exact) mass is 350 g/mol. The first-order chi connectivity index (χ1) is 10.0. The predicted octanol–water partition coefficient (Wildman–Crippen LogP) is 3.56. The summed E-state index contributed by atoms with van der Waals surface area (Å²) in [5.74, 6) is -1.27. The highest BCUT2D eigenvalue weighted by Gasteiger charge is 2.10. The third-order valence-electron chi connectivity index (χ3n) is 2.58. The number of hydrogen-bond donors (Lipinski definition) is 2. The van der Waals surface area contributed by atoms with Gasteiger partial charge < -0.3 is 10.6 Å². The van der Waals surface area contributed by atoms with Gasteiger partial charge in [0, 0.05) is 15.8 Å². The van der Waals surface area contributed by atoms with Crippen molar-refractivity contribution < 1.29 is 14.0 Å². The molecule has 0 spiro atoms. The molecule has 0 atom stereocenters. The molecule has 108 valence electrons. The van der Waals surface area contributed by atoms with Crippen LogP contribution in [0.5, 0.6) is 0 Å². The van der Waals surface area contributed by atoms with Crippen LogP contribution in [0, 0.1) is 5.82 Å². The summed E-state index contributed by atoms with van der Waals surface area (Å²) in [6, 6.07) is 12.3. The van der Waals surface area contributed by atoms with Crippen molar-refractivity contribution in [3.8, 4) is 0 Å². The van der Waals surface area contributed by atoms with Gasteiger partial charge in [-0.1, -0.05) is 15.9 Å². The Hall–Kier alpha value is -2.21. The Morgan fingerprint density at radius 2 is 1.29 bits per heavy atom. The summed E-state index contributed by atoms with van der Waals surface area (Å²) >= 11 is 3.29. The van der Waals surface area contributed by atoms with Gasteiger partial charge in [0.1, 0.15) is 12.2 Å². The van der Waals surface area contributed by atoms with E-state index in [-0.39, 0.29) is 12.2 Å². The lowest BCUT2D eigenvalue weighted by Gasteiger charge is -2.06. The molecular formula is C15H12BrFN2O2. The first-order valence-corrected chi connectivity index (χ1v) is 6.93. The van der Waals surface area contributed by atoms with Gasteiger partial charge in [-0.15, -0.1) is 0 Å². The van der Waals surface area contributed by atoms with Gasteiger partial charge in [0.05, 0.1) is 0 Å². The lowest BCUT2D eigenvalue weighted by atomic mass is 10.2. The molecule has 0 heterocycles. The maximum atomic E-state index is 12.7. The minimum Gasteiger partial charge on any atom is -0.326 e. The van der Waals surface area contributed by atoms with Gasteiger partial charge >= 0.3 is 0 Å². The van der Waals surface area contributed by atoms with E-state index in [1.54, 1.807) is 24.3 Å². The van der Waals surface area contributed by atoms with E-state index < -0.39 is 11.8 Å². The second kappa shape index (κ2) is 6.99. The summed E-state index contributed by atoms with van der Waals surface area (Å²) in [6.45, 7) is 0. The molecule has 0 radical (unpaired) electrons. The quantitative estimate of drug-likeness (QED) is 0.828. The highest BCUT2D eigenvalue weighted by molar-refractivity contribution is 9.10. The zero-order valence-electron chi connectivity index (χ0n) is 10.9. The van der Waals surface area contributed by atoms with E-state index in [9.17, 15) is 14.0 Å². The Kier molecular flexibility index (Phi) is 5.05. The standard InChI is InChI=1S/C15H12BrFN2O2/c16-10-1-5-12(6-2-10)18-14(20)9-15(21)19-13-7-3-11(17)4-8-13/h1-8H,9H2,(H,18,20)(H,19,21). The van der Waals surface area contributed by atoms with Crippen LogP contribution >= 0.6 is 15.9 Å². The molecule has 21 heavy (non-hydrogen) atoms. The molecule has 0 aliphatic carbocycles. The number of benzene rings is 2. The Labute approximate surface area is 129 Å². The van der Waals surface area contributed by atoms with Gasteiger partial charge in [-0.25, -0.2) is 4.39 Å². The van der Waals surface area contributed by atoms with Gasteiger partial charge in [-0.05, 0) is 48.5 Å². The molecule has 0 aliphatic rings. The van der Waals surface area contributed by atoms with Crippen molar-refractivity contribution in [3.05, 3.63) is 58.8 Å². The molecule has 0 aliphatic heterocycles. The number of rotatable bonds is 4. The van der Waals surface area contributed by atoms with Gasteiger partial charge in [0.2, 0.25) is 11.8 Å². The zero-order chi connectivity index (χ0) is 15.2. The molecular weight excluding hydrogens is 339 g/mol. The van der Waals surface area contributed by atoms with E-state index in [2.05, 4.69) is 26.6 Å². The van der Waals surface area contributed by atoms with E-state index >= 15 is 0 Å². The molecule has 2 aromatic carbocycles. The number of halogens is 2. The van der Waals surface area contributed by atoms with Crippen molar-refractivity contribution >= 4 is 39.1 Å². The number of hydrogen-bond acceptors (Lipinski definition) is 2. The maximum absolute atomic E-state index is 12.7. The second-order valence-electron chi connectivity index (χ2n) is 4.29. The Morgan fingerprint density at radius 3 is 1.76 bits per heavy atom. The van der Waals surface area contributed by atoms with Crippen LogP contribution in [0.3, 0.4) is 0 Å². The highest BCUT2D eigenvalue weighted by Crippen LogP contribution is 2.14. The van der Waals surface area contributed by atoms with Crippen molar-refractivity contribution in [2.75, 3.05) is 10.6 Å².